The average molecular weight is 513 g/mol. The summed E-state index contributed by atoms with van der Waals surface area (Å²) in [6.07, 6.45) is 8.98. The van der Waals surface area contributed by atoms with Gasteiger partial charge in [0.25, 0.3) is 0 Å². The molecule has 5 aromatic rings. The quantitative estimate of drug-likeness (QED) is 0.216. The van der Waals surface area contributed by atoms with Gasteiger partial charge in [-0.2, -0.15) is 0 Å². The second-order valence-electron chi connectivity index (χ2n) is 12.6. The van der Waals surface area contributed by atoms with E-state index in [1.165, 1.54) is 58.7 Å². The number of hydrogen-bond acceptors (Lipinski definition) is 4. The highest BCUT2D eigenvalue weighted by molar-refractivity contribution is 5.90. The molecule has 39 heavy (non-hydrogen) atoms. The Morgan fingerprint density at radius 1 is 0.667 bits per heavy atom. The summed E-state index contributed by atoms with van der Waals surface area (Å²) in [5, 5.41) is 9.89. The minimum absolute atomic E-state index is 0.349. The van der Waals surface area contributed by atoms with Crippen LogP contribution in [0.1, 0.15) is 56.3 Å². The number of fused-ring (bicyclic) bond motifs is 3. The number of nitrogens with one attached hydrogen (secondary N) is 4. The van der Waals surface area contributed by atoms with Gasteiger partial charge < -0.3 is 20.6 Å². The van der Waals surface area contributed by atoms with Gasteiger partial charge in [0.2, 0.25) is 0 Å². The molecule has 6 heteroatoms. The van der Waals surface area contributed by atoms with Crippen molar-refractivity contribution in [3.63, 3.8) is 0 Å². The number of H-pyrrole nitrogens is 2. The van der Waals surface area contributed by atoms with Crippen LogP contribution in [0, 0.1) is 11.3 Å². The molecule has 2 saturated carbocycles. The van der Waals surface area contributed by atoms with Gasteiger partial charge in [-0.15, -0.1) is 0 Å². The standard InChI is InChI=1S/C33H32N6/c1-33-14-27(37-30(33)15-33)32-35-17-29(39-32)23-9-8-21-10-20(6-7-22(21)11-23)18-2-4-19(5-3-18)28-16-34-31(38-28)26-13-24-12-25(24)36-26/h2-11,16-17,24-27,30,36-37H,12-15H2,1H3,(H,34,38)(H,35,39)/t24-,25-,26+,27+,30-,33+/m1/s1. The van der Waals surface area contributed by atoms with Gasteiger partial charge in [-0.1, -0.05) is 55.5 Å². The number of aromatic amines is 2. The van der Waals surface area contributed by atoms with Gasteiger partial charge in [0.15, 0.2) is 0 Å². The Hall–Kier alpha value is -3.74. The van der Waals surface area contributed by atoms with Crippen LogP contribution in [0.15, 0.2) is 73.1 Å². The summed E-state index contributed by atoms with van der Waals surface area (Å²) in [5.74, 6) is 3.00. The van der Waals surface area contributed by atoms with Gasteiger partial charge in [-0.3, -0.25) is 0 Å². The van der Waals surface area contributed by atoms with Crippen LogP contribution in [0.25, 0.3) is 44.4 Å². The summed E-state index contributed by atoms with van der Waals surface area (Å²) in [5.41, 5.74) is 7.44. The van der Waals surface area contributed by atoms with Crippen molar-refractivity contribution in [2.75, 3.05) is 0 Å². The van der Waals surface area contributed by atoms with Crippen molar-refractivity contribution in [2.45, 2.75) is 56.8 Å². The Balaban J connectivity index is 0.932. The summed E-state index contributed by atoms with van der Waals surface area (Å²) in [4.78, 5) is 16.5. The maximum absolute atomic E-state index is 4.72. The largest absolute Gasteiger partial charge is 0.341 e. The monoisotopic (exact) mass is 512 g/mol. The first kappa shape index (κ1) is 22.1. The normalized spacial score (nSPS) is 30.4. The van der Waals surface area contributed by atoms with Crippen LogP contribution in [0.2, 0.25) is 0 Å². The molecule has 4 aliphatic rings. The number of nitrogens with zero attached hydrogens (tertiary/aromatic N) is 2. The minimum Gasteiger partial charge on any atom is -0.341 e. The predicted molar refractivity (Wildman–Crippen MR) is 154 cm³/mol. The van der Waals surface area contributed by atoms with E-state index in [1.54, 1.807) is 0 Å². The van der Waals surface area contributed by atoms with E-state index in [-0.39, 0.29) is 0 Å². The fourth-order valence-corrected chi connectivity index (χ4v) is 7.12. The molecule has 0 spiro atoms. The first-order valence-corrected chi connectivity index (χ1v) is 14.3. The molecule has 2 saturated heterocycles. The highest BCUT2D eigenvalue weighted by atomic mass is 15.1. The zero-order valence-electron chi connectivity index (χ0n) is 22.0. The van der Waals surface area contributed by atoms with Crippen molar-refractivity contribution >= 4 is 10.8 Å². The molecule has 4 N–H and O–H groups in total. The fourth-order valence-electron chi connectivity index (χ4n) is 7.12. The van der Waals surface area contributed by atoms with E-state index >= 15 is 0 Å². The molecule has 4 heterocycles. The second-order valence-corrected chi connectivity index (χ2v) is 12.6. The molecule has 0 unspecified atom stereocenters. The van der Waals surface area contributed by atoms with E-state index in [4.69, 9.17) is 4.98 Å². The molecule has 6 atom stereocenters. The summed E-state index contributed by atoms with van der Waals surface area (Å²) < 4.78 is 0. The molecule has 0 radical (unpaired) electrons. The zero-order valence-corrected chi connectivity index (χ0v) is 22.0. The molecular formula is C33H32N6. The average Bonchev–Trinajstić information content (AvgIpc) is 3.48. The van der Waals surface area contributed by atoms with Crippen molar-refractivity contribution < 1.29 is 0 Å². The number of imidazole rings is 2. The molecule has 3 aromatic carbocycles. The molecule has 2 aromatic heterocycles. The van der Waals surface area contributed by atoms with Crippen molar-refractivity contribution in [3.05, 3.63) is 84.7 Å². The van der Waals surface area contributed by atoms with Crippen LogP contribution >= 0.6 is 0 Å². The SMILES string of the molecule is C[C@@]12C[C@@H](c3ncc(-c4ccc5cc(-c6ccc(-c7cnc([C@@H]8C[C@H]9C[C@H]9N8)[nH]7)cc6)ccc5c4)[nH]3)N[C@@H]1C2. The Bertz CT molecular complexity index is 1720. The molecule has 9 rings (SSSR count). The van der Waals surface area contributed by atoms with Crippen LogP contribution in [-0.4, -0.2) is 32.0 Å². The van der Waals surface area contributed by atoms with Crippen molar-refractivity contribution in [1.82, 2.24) is 30.6 Å². The maximum atomic E-state index is 4.72. The lowest BCUT2D eigenvalue weighted by molar-refractivity contribution is 0.488. The van der Waals surface area contributed by atoms with Crippen molar-refractivity contribution in [2.24, 2.45) is 11.3 Å². The van der Waals surface area contributed by atoms with Crippen LogP contribution in [0.4, 0.5) is 0 Å². The van der Waals surface area contributed by atoms with Gasteiger partial charge in [-0.05, 0) is 76.6 Å². The zero-order chi connectivity index (χ0) is 25.7. The third-order valence-electron chi connectivity index (χ3n) is 9.83. The number of benzene rings is 3. The van der Waals surface area contributed by atoms with Crippen LogP contribution < -0.4 is 10.6 Å². The molecule has 0 amide bonds. The molecular weight excluding hydrogens is 480 g/mol. The number of hydrogen-bond donors (Lipinski definition) is 4. The van der Waals surface area contributed by atoms with E-state index in [9.17, 15) is 0 Å². The van der Waals surface area contributed by atoms with E-state index in [2.05, 4.69) is 93.2 Å². The van der Waals surface area contributed by atoms with Gasteiger partial charge in [0, 0.05) is 17.6 Å². The predicted octanol–water partition coefficient (Wildman–Crippen LogP) is 6.52. The topological polar surface area (TPSA) is 81.4 Å². The van der Waals surface area contributed by atoms with Gasteiger partial charge in [0.05, 0.1) is 35.9 Å². The van der Waals surface area contributed by atoms with Crippen molar-refractivity contribution in [3.8, 4) is 33.6 Å². The van der Waals surface area contributed by atoms with Gasteiger partial charge >= 0.3 is 0 Å². The Morgan fingerprint density at radius 3 is 2.00 bits per heavy atom. The Labute approximate surface area is 227 Å². The van der Waals surface area contributed by atoms with Gasteiger partial charge in [-0.25, -0.2) is 9.97 Å². The maximum Gasteiger partial charge on any atom is 0.123 e. The van der Waals surface area contributed by atoms with E-state index in [0.717, 1.165) is 35.0 Å². The summed E-state index contributed by atoms with van der Waals surface area (Å²) >= 11 is 0. The molecule has 4 fully saturated rings. The molecule has 2 aliphatic heterocycles. The molecule has 2 aliphatic carbocycles. The summed E-state index contributed by atoms with van der Waals surface area (Å²) in [6, 6.07) is 24.4. The lowest BCUT2D eigenvalue weighted by Gasteiger charge is -2.11. The number of rotatable bonds is 5. The highest BCUT2D eigenvalue weighted by Gasteiger charge is 2.57. The number of piperidine rings is 2. The van der Waals surface area contributed by atoms with Crippen molar-refractivity contribution in [1.29, 1.82) is 0 Å². The lowest BCUT2D eigenvalue weighted by Crippen LogP contribution is -2.18. The van der Waals surface area contributed by atoms with Crippen LogP contribution in [0.5, 0.6) is 0 Å². The molecule has 6 nitrogen and oxygen atoms in total. The van der Waals surface area contributed by atoms with Gasteiger partial charge in [0.1, 0.15) is 11.6 Å². The first-order chi connectivity index (χ1) is 19.1. The van der Waals surface area contributed by atoms with E-state index in [0.29, 0.717) is 23.5 Å². The Morgan fingerprint density at radius 2 is 1.31 bits per heavy atom. The smallest absolute Gasteiger partial charge is 0.123 e. The fraction of sp³-hybridized carbons (Fsp3) is 0.333. The molecule has 0 bridgehead atoms. The minimum atomic E-state index is 0.349. The number of aromatic nitrogens is 4. The summed E-state index contributed by atoms with van der Waals surface area (Å²) in [6.45, 7) is 2.38. The van der Waals surface area contributed by atoms with E-state index < -0.39 is 0 Å². The van der Waals surface area contributed by atoms with E-state index in [1.807, 2.05) is 12.4 Å². The van der Waals surface area contributed by atoms with Crippen LogP contribution in [0.3, 0.4) is 0 Å². The third kappa shape index (κ3) is 3.69. The lowest BCUT2D eigenvalue weighted by atomic mass is 9.98. The Kier molecular flexibility index (Phi) is 4.48. The first-order valence-electron chi connectivity index (χ1n) is 14.3. The van der Waals surface area contributed by atoms with Crippen LogP contribution in [-0.2, 0) is 0 Å². The second kappa shape index (κ2) is 7.90. The summed E-state index contributed by atoms with van der Waals surface area (Å²) in [7, 11) is 0. The molecule has 194 valence electrons. The third-order valence-corrected chi connectivity index (χ3v) is 9.83. The highest BCUT2D eigenvalue weighted by Crippen LogP contribution is 2.57.